The number of nitro benzene ring substituents is 1. The Balaban J connectivity index is 1.48. The summed E-state index contributed by atoms with van der Waals surface area (Å²) >= 11 is 1.25. The van der Waals surface area contributed by atoms with Gasteiger partial charge in [-0.1, -0.05) is 17.8 Å². The Labute approximate surface area is 182 Å². The van der Waals surface area contributed by atoms with Crippen LogP contribution in [0.1, 0.15) is 18.6 Å². The fraction of sp³-hybridized carbons (Fsp3) is 0.350. The minimum Gasteiger partial charge on any atom is -0.469 e. The van der Waals surface area contributed by atoms with Crippen LogP contribution in [0.15, 0.2) is 46.2 Å². The molecule has 1 saturated heterocycles. The molecule has 1 aliphatic rings. The number of non-ortho nitro benzene ring substituents is 1. The lowest BCUT2D eigenvalue weighted by molar-refractivity contribution is -0.384. The molecular formula is C20H21N5O5S. The largest absolute Gasteiger partial charge is 0.469 e. The summed E-state index contributed by atoms with van der Waals surface area (Å²) in [6.07, 6.45) is 3.65. The summed E-state index contributed by atoms with van der Waals surface area (Å²) in [5.74, 6) is 1.19. The predicted octanol–water partition coefficient (Wildman–Crippen LogP) is 3.66. The average Bonchev–Trinajstić information content (AvgIpc) is 3.49. The molecule has 0 bridgehead atoms. The molecule has 3 aromatic rings. The number of thioether (sulfide) groups is 1. The van der Waals surface area contributed by atoms with Crippen molar-refractivity contribution in [3.63, 3.8) is 0 Å². The maximum absolute atomic E-state index is 12.4. The van der Waals surface area contributed by atoms with Gasteiger partial charge >= 0.3 is 0 Å². The van der Waals surface area contributed by atoms with Gasteiger partial charge in [0.1, 0.15) is 5.76 Å². The molecule has 0 radical (unpaired) electrons. The van der Waals surface area contributed by atoms with E-state index in [1.54, 1.807) is 12.3 Å². The number of aromatic nitrogens is 3. The van der Waals surface area contributed by atoms with Gasteiger partial charge in [0.25, 0.3) is 5.69 Å². The smallest absolute Gasteiger partial charge is 0.271 e. The Morgan fingerprint density at radius 1 is 1.39 bits per heavy atom. The summed E-state index contributed by atoms with van der Waals surface area (Å²) in [6, 6.07) is 7.67. The zero-order valence-corrected chi connectivity index (χ0v) is 17.6. The number of nitro groups is 1. The third-order valence-corrected chi connectivity index (χ3v) is 5.87. The number of rotatable bonds is 8. The number of benzene rings is 1. The van der Waals surface area contributed by atoms with Crippen LogP contribution in [-0.4, -0.2) is 44.1 Å². The first-order chi connectivity index (χ1) is 15.0. The van der Waals surface area contributed by atoms with Gasteiger partial charge in [0.2, 0.25) is 5.91 Å². The first kappa shape index (κ1) is 21.1. The Kier molecular flexibility index (Phi) is 6.33. The van der Waals surface area contributed by atoms with E-state index < -0.39 is 4.92 Å². The van der Waals surface area contributed by atoms with Gasteiger partial charge in [-0.2, -0.15) is 0 Å². The number of amides is 1. The molecule has 1 amide bonds. The number of carbonyl (C=O) groups is 1. The standard InChI is InChI=1S/C20H21N5O5S/c1-13-17(7-9-29-13)19-22-23-20(24(19)11-16-6-3-8-30-16)31-12-18(26)21-14-4-2-5-15(10-14)25(27)28/h2,4-5,7,9-10,16H,3,6,8,11-12H2,1H3,(H,21,26). The lowest BCUT2D eigenvalue weighted by Gasteiger charge is -2.14. The maximum Gasteiger partial charge on any atom is 0.271 e. The van der Waals surface area contributed by atoms with Gasteiger partial charge < -0.3 is 14.5 Å². The van der Waals surface area contributed by atoms with Crippen LogP contribution in [0.2, 0.25) is 0 Å². The molecule has 4 rings (SSSR count). The van der Waals surface area contributed by atoms with E-state index in [2.05, 4.69) is 15.5 Å². The highest BCUT2D eigenvalue weighted by atomic mass is 32.2. The van der Waals surface area contributed by atoms with Crippen molar-refractivity contribution in [3.8, 4) is 11.4 Å². The number of ether oxygens (including phenoxy) is 1. The Morgan fingerprint density at radius 3 is 2.97 bits per heavy atom. The fourth-order valence-corrected chi connectivity index (χ4v) is 4.14. The van der Waals surface area contributed by atoms with Crippen molar-refractivity contribution in [2.24, 2.45) is 0 Å². The van der Waals surface area contributed by atoms with Crippen molar-refractivity contribution in [2.75, 3.05) is 17.7 Å². The molecule has 162 valence electrons. The number of nitrogens with one attached hydrogen (secondary N) is 1. The summed E-state index contributed by atoms with van der Waals surface area (Å²) in [5.41, 5.74) is 1.13. The second kappa shape index (κ2) is 9.31. The summed E-state index contributed by atoms with van der Waals surface area (Å²) in [4.78, 5) is 22.8. The summed E-state index contributed by atoms with van der Waals surface area (Å²) in [7, 11) is 0. The monoisotopic (exact) mass is 443 g/mol. The molecule has 0 spiro atoms. The number of hydrogen-bond acceptors (Lipinski definition) is 8. The Morgan fingerprint density at radius 2 is 2.26 bits per heavy atom. The summed E-state index contributed by atoms with van der Waals surface area (Å²) in [5, 5.41) is 22.8. The molecule has 1 atom stereocenters. The van der Waals surface area contributed by atoms with Crippen molar-refractivity contribution >= 4 is 29.0 Å². The van der Waals surface area contributed by atoms with Crippen LogP contribution in [0, 0.1) is 17.0 Å². The lowest BCUT2D eigenvalue weighted by atomic mass is 10.2. The number of hydrogen-bond donors (Lipinski definition) is 1. The first-order valence-corrected chi connectivity index (χ1v) is 10.8. The number of carbonyl (C=O) groups excluding carboxylic acids is 1. The average molecular weight is 443 g/mol. The van der Waals surface area contributed by atoms with Gasteiger partial charge in [0, 0.05) is 24.4 Å². The van der Waals surface area contributed by atoms with Crippen LogP contribution < -0.4 is 5.32 Å². The molecule has 0 saturated carbocycles. The topological polar surface area (TPSA) is 125 Å². The molecular weight excluding hydrogens is 422 g/mol. The van der Waals surface area contributed by atoms with E-state index in [0.717, 1.165) is 30.8 Å². The molecule has 1 aromatic carbocycles. The lowest BCUT2D eigenvalue weighted by Crippen LogP contribution is -2.18. The molecule has 0 aliphatic carbocycles. The highest BCUT2D eigenvalue weighted by Gasteiger charge is 2.23. The first-order valence-electron chi connectivity index (χ1n) is 9.77. The van der Waals surface area contributed by atoms with Crippen molar-refractivity contribution in [2.45, 2.75) is 37.6 Å². The highest BCUT2D eigenvalue weighted by Crippen LogP contribution is 2.29. The molecule has 31 heavy (non-hydrogen) atoms. The van der Waals surface area contributed by atoms with Gasteiger partial charge in [-0.15, -0.1) is 10.2 Å². The zero-order chi connectivity index (χ0) is 21.8. The number of aryl methyl sites for hydroxylation is 1. The van der Waals surface area contributed by atoms with Crippen LogP contribution in [0.5, 0.6) is 0 Å². The van der Waals surface area contributed by atoms with E-state index in [1.807, 2.05) is 17.6 Å². The molecule has 10 nitrogen and oxygen atoms in total. The van der Waals surface area contributed by atoms with Crippen LogP contribution in [0.3, 0.4) is 0 Å². The molecule has 11 heteroatoms. The molecule has 1 fully saturated rings. The highest BCUT2D eigenvalue weighted by molar-refractivity contribution is 7.99. The SMILES string of the molecule is Cc1occc1-c1nnc(SCC(=O)Nc2cccc([N+](=O)[O-])c2)n1CC1CCCO1. The molecule has 3 heterocycles. The number of nitrogens with zero attached hydrogens (tertiary/aromatic N) is 4. The molecule has 1 unspecified atom stereocenters. The molecule has 1 N–H and O–H groups in total. The third kappa shape index (κ3) is 4.94. The van der Waals surface area contributed by atoms with Gasteiger partial charge in [0.15, 0.2) is 11.0 Å². The van der Waals surface area contributed by atoms with Gasteiger partial charge in [-0.05, 0) is 31.9 Å². The van der Waals surface area contributed by atoms with Crippen molar-refractivity contribution in [1.29, 1.82) is 0 Å². The quantitative estimate of drug-likeness (QED) is 0.318. The zero-order valence-electron chi connectivity index (χ0n) is 16.8. The van der Waals surface area contributed by atoms with Crippen LogP contribution in [-0.2, 0) is 16.1 Å². The minimum atomic E-state index is -0.503. The summed E-state index contributed by atoms with van der Waals surface area (Å²) in [6.45, 7) is 3.18. The third-order valence-electron chi connectivity index (χ3n) is 4.90. The molecule has 2 aromatic heterocycles. The van der Waals surface area contributed by atoms with Gasteiger partial charge in [-0.25, -0.2) is 0 Å². The van der Waals surface area contributed by atoms with Crippen LogP contribution in [0.25, 0.3) is 11.4 Å². The van der Waals surface area contributed by atoms with Gasteiger partial charge in [0.05, 0.1) is 35.2 Å². The van der Waals surface area contributed by atoms with E-state index in [-0.39, 0.29) is 23.5 Å². The predicted molar refractivity (Wildman–Crippen MR) is 114 cm³/mol. The van der Waals surface area contributed by atoms with Crippen molar-refractivity contribution in [1.82, 2.24) is 14.8 Å². The van der Waals surface area contributed by atoms with E-state index in [4.69, 9.17) is 9.15 Å². The number of furan rings is 1. The normalized spacial score (nSPS) is 15.8. The van der Waals surface area contributed by atoms with Gasteiger partial charge in [-0.3, -0.25) is 19.5 Å². The Bertz CT molecular complexity index is 1090. The Hall–Kier alpha value is -3.18. The van der Waals surface area contributed by atoms with E-state index in [9.17, 15) is 14.9 Å². The number of anilines is 1. The van der Waals surface area contributed by atoms with E-state index >= 15 is 0 Å². The van der Waals surface area contributed by atoms with E-state index in [1.165, 1.54) is 30.0 Å². The maximum atomic E-state index is 12.4. The second-order valence-electron chi connectivity index (χ2n) is 7.09. The van der Waals surface area contributed by atoms with Crippen LogP contribution in [0.4, 0.5) is 11.4 Å². The minimum absolute atomic E-state index is 0.0694. The fourth-order valence-electron chi connectivity index (χ4n) is 3.39. The van der Waals surface area contributed by atoms with Crippen molar-refractivity contribution in [3.05, 3.63) is 52.5 Å². The van der Waals surface area contributed by atoms with Crippen molar-refractivity contribution < 1.29 is 18.9 Å². The van der Waals surface area contributed by atoms with E-state index in [0.29, 0.717) is 23.2 Å². The second-order valence-corrected chi connectivity index (χ2v) is 8.03. The summed E-state index contributed by atoms with van der Waals surface area (Å²) < 4.78 is 13.1. The van der Waals surface area contributed by atoms with Crippen LogP contribution >= 0.6 is 11.8 Å². The molecule has 1 aliphatic heterocycles.